The molecule has 2 rings (SSSR count). The first-order valence-electron chi connectivity index (χ1n) is 4.15. The van der Waals surface area contributed by atoms with Crippen LogP contribution >= 0.6 is 10.7 Å². The fourth-order valence-corrected chi connectivity index (χ4v) is 2.23. The smallest absolute Gasteiger partial charge is 0.266 e. The van der Waals surface area contributed by atoms with Crippen molar-refractivity contribution >= 4 is 30.6 Å². The molecule has 0 bridgehead atoms. The van der Waals surface area contributed by atoms with Crippen LogP contribution in [-0.4, -0.2) is 13.4 Å². The Morgan fingerprint density at radius 2 is 2.00 bits per heavy atom. The SMILES string of the molecule is O=c1c(S(=O)(=O)Cl)c[nH]c2cc(F)ccc12. The standard InChI is InChI=1S/C9H5ClFNO3S/c10-16(14,15)8-4-12-7-3-5(11)1-2-6(7)9(8)13/h1-4H,(H,12,13). The molecule has 1 aromatic carbocycles. The van der Waals surface area contributed by atoms with E-state index >= 15 is 0 Å². The van der Waals surface area contributed by atoms with Crippen LogP contribution in [0.15, 0.2) is 34.1 Å². The second kappa shape index (κ2) is 3.57. The number of hydrogen-bond donors (Lipinski definition) is 1. The van der Waals surface area contributed by atoms with Crippen LogP contribution in [0, 0.1) is 5.82 Å². The number of benzene rings is 1. The number of rotatable bonds is 1. The zero-order chi connectivity index (χ0) is 11.9. The van der Waals surface area contributed by atoms with Crippen LogP contribution in [0.2, 0.25) is 0 Å². The van der Waals surface area contributed by atoms with Crippen molar-refractivity contribution in [2.75, 3.05) is 0 Å². The van der Waals surface area contributed by atoms with E-state index in [9.17, 15) is 17.6 Å². The molecule has 84 valence electrons. The number of nitrogens with one attached hydrogen (secondary N) is 1. The lowest BCUT2D eigenvalue weighted by Crippen LogP contribution is -2.12. The summed E-state index contributed by atoms with van der Waals surface area (Å²) in [6.45, 7) is 0. The summed E-state index contributed by atoms with van der Waals surface area (Å²) in [7, 11) is 0.973. The van der Waals surface area contributed by atoms with Crippen LogP contribution in [0.5, 0.6) is 0 Å². The van der Waals surface area contributed by atoms with Crippen LogP contribution in [0.1, 0.15) is 0 Å². The molecule has 0 amide bonds. The van der Waals surface area contributed by atoms with Crippen molar-refractivity contribution in [3.63, 3.8) is 0 Å². The van der Waals surface area contributed by atoms with Crippen LogP contribution in [0.3, 0.4) is 0 Å². The molecular weight excluding hydrogens is 257 g/mol. The van der Waals surface area contributed by atoms with E-state index in [1.807, 2.05) is 0 Å². The molecule has 0 aliphatic carbocycles. The third-order valence-electron chi connectivity index (χ3n) is 2.07. The Morgan fingerprint density at radius 1 is 1.31 bits per heavy atom. The van der Waals surface area contributed by atoms with Gasteiger partial charge in [0.15, 0.2) is 0 Å². The summed E-state index contributed by atoms with van der Waals surface area (Å²) >= 11 is 0. The number of H-pyrrole nitrogens is 1. The van der Waals surface area contributed by atoms with Gasteiger partial charge in [-0.2, -0.15) is 0 Å². The lowest BCUT2D eigenvalue weighted by atomic mass is 10.2. The minimum Gasteiger partial charge on any atom is -0.360 e. The van der Waals surface area contributed by atoms with E-state index in [2.05, 4.69) is 4.98 Å². The van der Waals surface area contributed by atoms with Crippen LogP contribution < -0.4 is 5.43 Å². The van der Waals surface area contributed by atoms with Crippen molar-refractivity contribution in [1.82, 2.24) is 4.98 Å². The highest BCUT2D eigenvalue weighted by Gasteiger charge is 2.16. The Labute approximate surface area is 94.1 Å². The second-order valence-electron chi connectivity index (χ2n) is 3.11. The molecule has 0 unspecified atom stereocenters. The number of aromatic amines is 1. The molecule has 0 saturated carbocycles. The third kappa shape index (κ3) is 1.81. The minimum atomic E-state index is -4.10. The van der Waals surface area contributed by atoms with Gasteiger partial charge in [-0.15, -0.1) is 0 Å². The molecule has 0 spiro atoms. The van der Waals surface area contributed by atoms with E-state index in [-0.39, 0.29) is 10.9 Å². The maximum atomic E-state index is 12.8. The van der Waals surface area contributed by atoms with Gasteiger partial charge in [0.2, 0.25) is 5.43 Å². The molecule has 2 aromatic rings. The Balaban J connectivity index is 2.92. The zero-order valence-electron chi connectivity index (χ0n) is 7.70. The summed E-state index contributed by atoms with van der Waals surface area (Å²) in [6, 6.07) is 3.37. The Bertz CT molecular complexity index is 723. The van der Waals surface area contributed by atoms with E-state index in [0.29, 0.717) is 0 Å². The van der Waals surface area contributed by atoms with E-state index in [0.717, 1.165) is 18.3 Å². The van der Waals surface area contributed by atoms with Gasteiger partial charge >= 0.3 is 0 Å². The zero-order valence-corrected chi connectivity index (χ0v) is 9.27. The van der Waals surface area contributed by atoms with Gasteiger partial charge in [0.05, 0.1) is 5.52 Å². The Hall–Kier alpha value is -1.40. The first-order valence-corrected chi connectivity index (χ1v) is 6.46. The number of aromatic nitrogens is 1. The minimum absolute atomic E-state index is 0.0723. The summed E-state index contributed by atoms with van der Waals surface area (Å²) in [4.78, 5) is 13.6. The number of hydrogen-bond acceptors (Lipinski definition) is 3. The third-order valence-corrected chi connectivity index (χ3v) is 3.40. The largest absolute Gasteiger partial charge is 0.360 e. The molecule has 1 heterocycles. The van der Waals surface area contributed by atoms with Crippen molar-refractivity contribution in [1.29, 1.82) is 0 Å². The quantitative estimate of drug-likeness (QED) is 0.793. The second-order valence-corrected chi connectivity index (χ2v) is 5.64. The molecule has 1 N–H and O–H groups in total. The van der Waals surface area contributed by atoms with Gasteiger partial charge < -0.3 is 4.98 Å². The summed E-state index contributed by atoms with van der Waals surface area (Å²) in [6.07, 6.45) is 0.951. The van der Waals surface area contributed by atoms with Gasteiger partial charge in [-0.05, 0) is 18.2 Å². The Morgan fingerprint density at radius 3 is 2.62 bits per heavy atom. The summed E-state index contributed by atoms with van der Waals surface area (Å²) < 4.78 is 34.9. The first kappa shape index (κ1) is 11.1. The van der Waals surface area contributed by atoms with Gasteiger partial charge in [0.1, 0.15) is 10.7 Å². The van der Waals surface area contributed by atoms with Crippen molar-refractivity contribution in [2.45, 2.75) is 4.90 Å². The lowest BCUT2D eigenvalue weighted by Gasteiger charge is -2.00. The molecule has 4 nitrogen and oxygen atoms in total. The Kier molecular flexibility index (Phi) is 2.47. The molecule has 0 radical (unpaired) electrons. The van der Waals surface area contributed by atoms with Crippen molar-refractivity contribution in [2.24, 2.45) is 0 Å². The first-order chi connectivity index (χ1) is 7.39. The lowest BCUT2D eigenvalue weighted by molar-refractivity contribution is 0.609. The average Bonchev–Trinajstić information content (AvgIpc) is 2.15. The molecule has 0 aliphatic rings. The molecule has 0 atom stereocenters. The highest BCUT2D eigenvalue weighted by Crippen LogP contribution is 2.14. The molecule has 0 saturated heterocycles. The van der Waals surface area contributed by atoms with Gasteiger partial charge in [0.25, 0.3) is 9.05 Å². The molecule has 7 heteroatoms. The predicted molar refractivity (Wildman–Crippen MR) is 57.6 cm³/mol. The van der Waals surface area contributed by atoms with Crippen molar-refractivity contribution in [3.05, 3.63) is 40.4 Å². The van der Waals surface area contributed by atoms with E-state index in [4.69, 9.17) is 10.7 Å². The van der Waals surface area contributed by atoms with E-state index < -0.39 is 25.2 Å². The molecule has 0 aliphatic heterocycles. The number of halogens is 2. The fourth-order valence-electron chi connectivity index (χ4n) is 1.36. The van der Waals surface area contributed by atoms with E-state index in [1.54, 1.807) is 0 Å². The maximum absolute atomic E-state index is 12.8. The molecule has 1 aromatic heterocycles. The summed E-state index contributed by atoms with van der Waals surface area (Å²) in [5.41, 5.74) is -0.530. The van der Waals surface area contributed by atoms with Crippen LogP contribution in [-0.2, 0) is 9.05 Å². The topological polar surface area (TPSA) is 67.0 Å². The van der Waals surface area contributed by atoms with Crippen LogP contribution in [0.25, 0.3) is 10.9 Å². The van der Waals surface area contributed by atoms with Gasteiger partial charge in [-0.1, -0.05) is 0 Å². The van der Waals surface area contributed by atoms with E-state index in [1.165, 1.54) is 6.07 Å². The molecule has 16 heavy (non-hydrogen) atoms. The van der Waals surface area contributed by atoms with Crippen LogP contribution in [0.4, 0.5) is 4.39 Å². The molecular formula is C9H5ClFNO3S. The number of pyridine rings is 1. The summed E-state index contributed by atoms with van der Waals surface area (Å²) in [5.74, 6) is -0.523. The van der Waals surface area contributed by atoms with Crippen molar-refractivity contribution < 1.29 is 12.8 Å². The fraction of sp³-hybridized carbons (Fsp3) is 0. The van der Waals surface area contributed by atoms with Gasteiger partial charge in [0, 0.05) is 22.3 Å². The normalized spacial score (nSPS) is 11.9. The average molecular weight is 262 g/mol. The van der Waals surface area contributed by atoms with Gasteiger partial charge in [-0.3, -0.25) is 4.79 Å². The monoisotopic (exact) mass is 261 g/mol. The predicted octanol–water partition coefficient (Wildman–Crippen LogP) is 1.59. The van der Waals surface area contributed by atoms with Crippen molar-refractivity contribution in [3.8, 4) is 0 Å². The van der Waals surface area contributed by atoms with Gasteiger partial charge in [-0.25, -0.2) is 12.8 Å². The highest BCUT2D eigenvalue weighted by molar-refractivity contribution is 8.13. The number of fused-ring (bicyclic) bond motifs is 1. The maximum Gasteiger partial charge on any atom is 0.266 e. The summed E-state index contributed by atoms with van der Waals surface area (Å²) in [5, 5.41) is 0.0723. The highest BCUT2D eigenvalue weighted by atomic mass is 35.7. The molecule has 0 fully saturated rings.